The van der Waals surface area contributed by atoms with Crippen molar-refractivity contribution in [3.8, 4) is 56.1 Å². The van der Waals surface area contributed by atoms with Crippen LogP contribution in [0.5, 0.6) is 0 Å². The maximum Gasteiger partial charge on any atom is 0.0540 e. The van der Waals surface area contributed by atoms with E-state index in [-0.39, 0.29) is 0 Å². The highest BCUT2D eigenvalue weighted by atomic mass is 79.9. The number of benzene rings is 7. The topological polar surface area (TPSA) is 9.86 Å². The molecule has 0 fully saturated rings. The molecule has 0 N–H and O–H groups in total. The summed E-state index contributed by atoms with van der Waals surface area (Å²) in [5.74, 6) is 0. The van der Waals surface area contributed by atoms with E-state index in [2.05, 4.69) is 213 Å². The van der Waals surface area contributed by atoms with Crippen LogP contribution >= 0.6 is 15.9 Å². The maximum atomic E-state index is 3.82. The van der Waals surface area contributed by atoms with Crippen LogP contribution in [0.25, 0.3) is 77.9 Å². The lowest BCUT2D eigenvalue weighted by atomic mass is 9.98. The van der Waals surface area contributed by atoms with E-state index in [1.165, 1.54) is 66.6 Å². The molecule has 232 valence electrons. The average Bonchev–Trinajstić information content (AvgIpc) is 3.75. The molecule has 0 aliphatic rings. The zero-order valence-corrected chi connectivity index (χ0v) is 28.3. The third-order valence-corrected chi connectivity index (χ3v) is 9.83. The van der Waals surface area contributed by atoms with Crippen molar-refractivity contribution in [2.24, 2.45) is 0 Å². The molecule has 0 bridgehead atoms. The Morgan fingerprint density at radius 1 is 0.306 bits per heavy atom. The normalized spacial score (nSPS) is 11.4. The summed E-state index contributed by atoms with van der Waals surface area (Å²) in [6.45, 7) is 0. The molecular formula is C46H31BrN2. The van der Waals surface area contributed by atoms with Gasteiger partial charge in [0.05, 0.1) is 22.4 Å². The van der Waals surface area contributed by atoms with E-state index in [4.69, 9.17) is 0 Å². The highest BCUT2D eigenvalue weighted by molar-refractivity contribution is 9.10. The van der Waals surface area contributed by atoms with Crippen molar-refractivity contribution >= 4 is 37.7 Å². The Balaban J connectivity index is 1.07. The number of aromatic nitrogens is 2. The van der Waals surface area contributed by atoms with Crippen LogP contribution in [0, 0.1) is 0 Å². The number of rotatable bonds is 6. The Kier molecular flexibility index (Phi) is 7.33. The quantitative estimate of drug-likeness (QED) is 0.164. The van der Waals surface area contributed by atoms with Crippen LogP contribution in [0.15, 0.2) is 193 Å². The predicted octanol–water partition coefficient (Wildman–Crippen LogP) is 13.0. The number of fused-ring (bicyclic) bond motifs is 2. The molecule has 0 unspecified atom stereocenters. The Morgan fingerprint density at radius 3 is 1.12 bits per heavy atom. The van der Waals surface area contributed by atoms with Gasteiger partial charge in [-0.3, -0.25) is 0 Å². The summed E-state index contributed by atoms with van der Waals surface area (Å²) >= 11 is 3.82. The van der Waals surface area contributed by atoms with E-state index in [0.29, 0.717) is 0 Å². The van der Waals surface area contributed by atoms with Gasteiger partial charge in [0.2, 0.25) is 0 Å². The lowest BCUT2D eigenvalue weighted by molar-refractivity contribution is 1.13. The minimum absolute atomic E-state index is 1.05. The first kappa shape index (κ1) is 29.3. The van der Waals surface area contributed by atoms with Crippen LogP contribution in [-0.2, 0) is 0 Å². The molecule has 7 aromatic carbocycles. The summed E-state index contributed by atoms with van der Waals surface area (Å²) in [4.78, 5) is 0. The van der Waals surface area contributed by atoms with Gasteiger partial charge in [0.1, 0.15) is 0 Å². The zero-order chi connectivity index (χ0) is 32.7. The van der Waals surface area contributed by atoms with Crippen molar-refractivity contribution in [2.75, 3.05) is 0 Å². The van der Waals surface area contributed by atoms with Gasteiger partial charge >= 0.3 is 0 Å². The number of hydrogen-bond donors (Lipinski definition) is 0. The van der Waals surface area contributed by atoms with Gasteiger partial charge in [0.15, 0.2) is 0 Å². The van der Waals surface area contributed by atoms with E-state index in [1.807, 2.05) is 0 Å². The molecule has 0 radical (unpaired) electrons. The summed E-state index contributed by atoms with van der Waals surface area (Å²) in [5, 5.41) is 2.46. The molecule has 3 heteroatoms. The number of para-hydroxylation sites is 2. The predicted molar refractivity (Wildman–Crippen MR) is 210 cm³/mol. The molecule has 9 aromatic rings. The standard InChI is InChI=1S/C46H31BrN2/c47-40-28-38(32-19-23-41(24-20-32)48-43-17-9-7-15-36(43)30-45(48)34-11-3-1-4-12-34)27-39(29-40)33-21-25-42(26-22-33)49-44-18-10-8-16-37(44)31-46(49)35-13-5-2-6-14-35/h1-31H. The van der Waals surface area contributed by atoms with Gasteiger partial charge in [-0.15, -0.1) is 0 Å². The van der Waals surface area contributed by atoms with Crippen LogP contribution < -0.4 is 0 Å². The molecule has 49 heavy (non-hydrogen) atoms. The van der Waals surface area contributed by atoms with E-state index < -0.39 is 0 Å². The lowest BCUT2D eigenvalue weighted by Gasteiger charge is -2.14. The molecular weight excluding hydrogens is 660 g/mol. The SMILES string of the molecule is Brc1cc(-c2ccc(-n3c(-c4ccccc4)cc4ccccc43)cc2)cc(-c2ccc(-n3c(-c4ccccc4)cc4ccccc43)cc2)c1. The molecule has 0 saturated heterocycles. The minimum atomic E-state index is 1.05. The highest BCUT2D eigenvalue weighted by Crippen LogP contribution is 2.36. The van der Waals surface area contributed by atoms with Gasteiger partial charge in [0.25, 0.3) is 0 Å². The smallest absolute Gasteiger partial charge is 0.0540 e. The van der Waals surface area contributed by atoms with Crippen molar-refractivity contribution in [1.82, 2.24) is 9.13 Å². The third-order valence-electron chi connectivity index (χ3n) is 9.38. The van der Waals surface area contributed by atoms with Gasteiger partial charge in [-0.2, -0.15) is 0 Å². The van der Waals surface area contributed by atoms with Crippen molar-refractivity contribution in [3.05, 3.63) is 193 Å². The zero-order valence-electron chi connectivity index (χ0n) is 26.7. The van der Waals surface area contributed by atoms with E-state index in [9.17, 15) is 0 Å². The van der Waals surface area contributed by atoms with E-state index in [0.717, 1.165) is 15.8 Å². The Morgan fingerprint density at radius 2 is 0.694 bits per heavy atom. The minimum Gasteiger partial charge on any atom is -0.309 e. The van der Waals surface area contributed by atoms with Gasteiger partial charge in [0, 0.05) is 26.6 Å². The van der Waals surface area contributed by atoms with Crippen LogP contribution in [0.4, 0.5) is 0 Å². The lowest BCUT2D eigenvalue weighted by Crippen LogP contribution is -1.97. The van der Waals surface area contributed by atoms with E-state index in [1.54, 1.807) is 0 Å². The van der Waals surface area contributed by atoms with Gasteiger partial charge in [-0.25, -0.2) is 0 Å². The largest absolute Gasteiger partial charge is 0.309 e. The van der Waals surface area contributed by atoms with Crippen molar-refractivity contribution in [1.29, 1.82) is 0 Å². The molecule has 2 nitrogen and oxygen atoms in total. The summed E-state index contributed by atoms with van der Waals surface area (Å²) in [6.07, 6.45) is 0. The van der Waals surface area contributed by atoms with Crippen molar-refractivity contribution in [2.45, 2.75) is 0 Å². The molecule has 0 saturated carbocycles. The van der Waals surface area contributed by atoms with Crippen LogP contribution in [0.3, 0.4) is 0 Å². The second-order valence-corrected chi connectivity index (χ2v) is 13.3. The molecule has 0 spiro atoms. The fraction of sp³-hybridized carbons (Fsp3) is 0. The first-order valence-electron chi connectivity index (χ1n) is 16.5. The average molecular weight is 692 g/mol. The summed E-state index contributed by atoms with van der Waals surface area (Å²) < 4.78 is 5.78. The Labute approximate surface area is 294 Å². The highest BCUT2D eigenvalue weighted by Gasteiger charge is 2.15. The maximum absolute atomic E-state index is 3.82. The molecule has 2 heterocycles. The monoisotopic (exact) mass is 690 g/mol. The van der Waals surface area contributed by atoms with Crippen LogP contribution in [0.1, 0.15) is 0 Å². The van der Waals surface area contributed by atoms with E-state index >= 15 is 0 Å². The second-order valence-electron chi connectivity index (χ2n) is 12.4. The van der Waals surface area contributed by atoms with Gasteiger partial charge in [-0.1, -0.05) is 137 Å². The second kappa shape index (κ2) is 12.3. The first-order valence-corrected chi connectivity index (χ1v) is 17.3. The molecule has 2 aromatic heterocycles. The van der Waals surface area contributed by atoms with Crippen molar-refractivity contribution in [3.63, 3.8) is 0 Å². The summed E-state index contributed by atoms with van der Waals surface area (Å²) in [5.41, 5.74) is 14.1. The molecule has 0 atom stereocenters. The Hall–Kier alpha value is -5.90. The van der Waals surface area contributed by atoms with Crippen LogP contribution in [-0.4, -0.2) is 9.13 Å². The van der Waals surface area contributed by atoms with Crippen molar-refractivity contribution < 1.29 is 0 Å². The molecule has 0 amide bonds. The first-order chi connectivity index (χ1) is 24.2. The molecule has 0 aliphatic heterocycles. The van der Waals surface area contributed by atoms with Crippen LogP contribution in [0.2, 0.25) is 0 Å². The molecule has 9 rings (SSSR count). The number of hydrogen-bond acceptors (Lipinski definition) is 0. The number of halogens is 1. The summed E-state index contributed by atoms with van der Waals surface area (Å²) in [6, 6.07) is 67.6. The number of nitrogens with zero attached hydrogens (tertiary/aromatic N) is 2. The fourth-order valence-electron chi connectivity index (χ4n) is 7.04. The summed E-state index contributed by atoms with van der Waals surface area (Å²) in [7, 11) is 0. The molecule has 0 aliphatic carbocycles. The van der Waals surface area contributed by atoms with Gasteiger partial charge in [-0.05, 0) is 100 Å². The third kappa shape index (κ3) is 5.39. The Bertz CT molecular complexity index is 2400. The fourth-order valence-corrected chi connectivity index (χ4v) is 7.53. The van der Waals surface area contributed by atoms with Gasteiger partial charge < -0.3 is 9.13 Å².